The predicted octanol–water partition coefficient (Wildman–Crippen LogP) is 2.02. The molecule has 3 fully saturated rings. The summed E-state index contributed by atoms with van der Waals surface area (Å²) < 4.78 is 0. The molecule has 0 radical (unpaired) electrons. The van der Waals surface area contributed by atoms with E-state index in [2.05, 4.69) is 0 Å². The van der Waals surface area contributed by atoms with Crippen LogP contribution in [0.2, 0.25) is 0 Å². The van der Waals surface area contributed by atoms with Gasteiger partial charge in [-0.2, -0.15) is 0 Å². The second-order valence-corrected chi connectivity index (χ2v) is 7.50. The van der Waals surface area contributed by atoms with E-state index in [0.29, 0.717) is 32.0 Å². The van der Waals surface area contributed by atoms with Gasteiger partial charge in [0.15, 0.2) is 0 Å². The number of hydrogen-bond acceptors (Lipinski definition) is 3. The van der Waals surface area contributed by atoms with Gasteiger partial charge in [0.25, 0.3) is 0 Å². The molecule has 0 aromatic rings. The molecule has 6 nitrogen and oxygen atoms in total. The van der Waals surface area contributed by atoms with Crippen LogP contribution in [-0.4, -0.2) is 57.9 Å². The number of rotatable bonds is 5. The van der Waals surface area contributed by atoms with Crippen molar-refractivity contribution in [3.63, 3.8) is 0 Å². The van der Waals surface area contributed by atoms with Gasteiger partial charge in [-0.25, -0.2) is 0 Å². The Morgan fingerprint density at radius 3 is 2.50 bits per heavy atom. The zero-order valence-corrected chi connectivity index (χ0v) is 14.3. The van der Waals surface area contributed by atoms with Crippen molar-refractivity contribution in [2.24, 2.45) is 5.92 Å². The summed E-state index contributed by atoms with van der Waals surface area (Å²) in [6, 6.07) is 0.359. The summed E-state index contributed by atoms with van der Waals surface area (Å²) in [6.45, 7) is 1.27. The van der Waals surface area contributed by atoms with Crippen molar-refractivity contribution in [3.8, 4) is 0 Å². The highest BCUT2D eigenvalue weighted by atomic mass is 16.4. The molecule has 3 aliphatic rings. The van der Waals surface area contributed by atoms with Gasteiger partial charge in [0.05, 0.1) is 5.92 Å². The third kappa shape index (κ3) is 3.73. The van der Waals surface area contributed by atoms with E-state index in [1.807, 2.05) is 9.80 Å². The van der Waals surface area contributed by atoms with Gasteiger partial charge in [-0.1, -0.05) is 12.8 Å². The van der Waals surface area contributed by atoms with Crippen molar-refractivity contribution < 1.29 is 19.5 Å². The van der Waals surface area contributed by atoms with Crippen molar-refractivity contribution in [2.75, 3.05) is 13.1 Å². The first-order valence-corrected chi connectivity index (χ1v) is 9.38. The Bertz CT molecular complexity index is 501. The van der Waals surface area contributed by atoms with E-state index in [1.165, 1.54) is 12.8 Å². The molecule has 0 bridgehead atoms. The van der Waals surface area contributed by atoms with Crippen LogP contribution < -0.4 is 0 Å². The van der Waals surface area contributed by atoms with E-state index in [9.17, 15) is 14.4 Å². The van der Waals surface area contributed by atoms with Gasteiger partial charge >= 0.3 is 5.97 Å². The van der Waals surface area contributed by atoms with Crippen LogP contribution >= 0.6 is 0 Å². The third-order valence-corrected chi connectivity index (χ3v) is 5.87. The summed E-state index contributed by atoms with van der Waals surface area (Å²) in [5.74, 6) is -0.849. The second kappa shape index (κ2) is 7.53. The molecule has 3 rings (SSSR count). The monoisotopic (exact) mass is 336 g/mol. The standard InChI is InChI=1S/C18H28N2O4/c21-16-11-13(12-20(16)14-5-1-2-6-14)18(24)19-10-4-3-7-15(19)8-9-17(22)23/h13-15H,1-12H2,(H,22,23)/t13-,15-/m1/s1. The molecule has 0 unspecified atom stereocenters. The molecule has 6 heteroatoms. The first kappa shape index (κ1) is 17.2. The predicted molar refractivity (Wildman–Crippen MR) is 88.3 cm³/mol. The van der Waals surface area contributed by atoms with Crippen LogP contribution in [0, 0.1) is 5.92 Å². The SMILES string of the molecule is O=C(O)CC[C@H]1CCCCN1C(=O)[C@@H]1CC(=O)N(C2CCCC2)C1. The number of carbonyl (C=O) groups excluding carboxylic acids is 2. The zero-order chi connectivity index (χ0) is 17.1. The van der Waals surface area contributed by atoms with Crippen LogP contribution in [0.4, 0.5) is 0 Å². The second-order valence-electron chi connectivity index (χ2n) is 7.50. The van der Waals surface area contributed by atoms with Gasteiger partial charge in [0.1, 0.15) is 0 Å². The third-order valence-electron chi connectivity index (χ3n) is 5.87. The van der Waals surface area contributed by atoms with Crippen LogP contribution in [0.1, 0.15) is 64.2 Å². The molecule has 1 saturated carbocycles. The van der Waals surface area contributed by atoms with Crippen LogP contribution in [-0.2, 0) is 14.4 Å². The van der Waals surface area contributed by atoms with Gasteiger partial charge in [-0.15, -0.1) is 0 Å². The van der Waals surface area contributed by atoms with Crippen molar-refractivity contribution in [2.45, 2.75) is 76.3 Å². The van der Waals surface area contributed by atoms with Crippen molar-refractivity contribution in [1.29, 1.82) is 0 Å². The molecule has 2 amide bonds. The Labute approximate surface area is 143 Å². The lowest BCUT2D eigenvalue weighted by Crippen LogP contribution is -2.47. The maximum Gasteiger partial charge on any atom is 0.303 e. The highest BCUT2D eigenvalue weighted by molar-refractivity contribution is 5.89. The van der Waals surface area contributed by atoms with E-state index in [-0.39, 0.29) is 30.2 Å². The average Bonchev–Trinajstić information content (AvgIpc) is 3.21. The molecule has 134 valence electrons. The molecule has 2 heterocycles. The normalized spacial score (nSPS) is 28.6. The highest BCUT2D eigenvalue weighted by Gasteiger charge is 2.41. The van der Waals surface area contributed by atoms with Gasteiger partial charge in [0.2, 0.25) is 11.8 Å². The fourth-order valence-electron chi connectivity index (χ4n) is 4.58. The van der Waals surface area contributed by atoms with E-state index in [4.69, 9.17) is 5.11 Å². The summed E-state index contributed by atoms with van der Waals surface area (Å²) in [6.07, 6.45) is 8.35. The maximum absolute atomic E-state index is 13.0. The quantitative estimate of drug-likeness (QED) is 0.833. The van der Waals surface area contributed by atoms with Gasteiger partial charge in [0, 0.05) is 38.0 Å². The van der Waals surface area contributed by atoms with Crippen LogP contribution in [0.3, 0.4) is 0 Å². The number of amides is 2. The number of hydrogen-bond donors (Lipinski definition) is 1. The zero-order valence-electron chi connectivity index (χ0n) is 14.3. The summed E-state index contributed by atoms with van der Waals surface area (Å²) >= 11 is 0. The highest BCUT2D eigenvalue weighted by Crippen LogP contribution is 2.31. The molecule has 0 spiro atoms. The number of carbonyl (C=O) groups is 3. The lowest BCUT2D eigenvalue weighted by Gasteiger charge is -2.37. The first-order chi connectivity index (χ1) is 11.6. The van der Waals surface area contributed by atoms with Crippen LogP contribution in [0.15, 0.2) is 0 Å². The summed E-state index contributed by atoms with van der Waals surface area (Å²) in [7, 11) is 0. The van der Waals surface area contributed by atoms with E-state index in [1.54, 1.807) is 0 Å². The minimum Gasteiger partial charge on any atom is -0.481 e. The summed E-state index contributed by atoms with van der Waals surface area (Å²) in [5.41, 5.74) is 0. The lowest BCUT2D eigenvalue weighted by atomic mass is 9.95. The fraction of sp³-hybridized carbons (Fsp3) is 0.833. The number of carboxylic acids is 1. The van der Waals surface area contributed by atoms with Gasteiger partial charge in [-0.3, -0.25) is 14.4 Å². The van der Waals surface area contributed by atoms with Crippen molar-refractivity contribution >= 4 is 17.8 Å². The molecule has 0 aromatic heterocycles. The van der Waals surface area contributed by atoms with Crippen molar-refractivity contribution in [3.05, 3.63) is 0 Å². The molecule has 1 N–H and O–H groups in total. The van der Waals surface area contributed by atoms with E-state index in [0.717, 1.165) is 32.1 Å². The number of carboxylic acid groups (broad SMARTS) is 1. The van der Waals surface area contributed by atoms with Crippen LogP contribution in [0.5, 0.6) is 0 Å². The topological polar surface area (TPSA) is 77.9 Å². The molecule has 24 heavy (non-hydrogen) atoms. The fourth-order valence-corrected chi connectivity index (χ4v) is 4.58. The summed E-state index contributed by atoms with van der Waals surface area (Å²) in [4.78, 5) is 40.0. The number of likely N-dealkylation sites (tertiary alicyclic amines) is 2. The first-order valence-electron chi connectivity index (χ1n) is 9.38. The number of nitrogens with zero attached hydrogens (tertiary/aromatic N) is 2. The molecule has 2 atom stereocenters. The minimum atomic E-state index is -0.809. The Morgan fingerprint density at radius 2 is 1.79 bits per heavy atom. The Kier molecular flexibility index (Phi) is 5.41. The maximum atomic E-state index is 13.0. The molecule has 2 saturated heterocycles. The Balaban J connectivity index is 1.61. The molecule has 1 aliphatic carbocycles. The summed E-state index contributed by atoms with van der Waals surface area (Å²) in [5, 5.41) is 8.92. The lowest BCUT2D eigenvalue weighted by molar-refractivity contribution is -0.142. The molecule has 2 aliphatic heterocycles. The van der Waals surface area contributed by atoms with Crippen LogP contribution in [0.25, 0.3) is 0 Å². The minimum absolute atomic E-state index is 0.0259. The van der Waals surface area contributed by atoms with Gasteiger partial charge < -0.3 is 14.9 Å². The Morgan fingerprint density at radius 1 is 1.08 bits per heavy atom. The molecular formula is C18H28N2O4. The smallest absolute Gasteiger partial charge is 0.303 e. The van der Waals surface area contributed by atoms with Gasteiger partial charge in [-0.05, 0) is 38.5 Å². The average molecular weight is 336 g/mol. The van der Waals surface area contributed by atoms with E-state index >= 15 is 0 Å². The largest absolute Gasteiger partial charge is 0.481 e. The van der Waals surface area contributed by atoms with E-state index < -0.39 is 5.97 Å². The molecule has 0 aromatic carbocycles. The Hall–Kier alpha value is -1.59. The number of aliphatic carboxylic acids is 1. The molecular weight excluding hydrogens is 308 g/mol. The van der Waals surface area contributed by atoms with Crippen molar-refractivity contribution in [1.82, 2.24) is 9.80 Å². The number of piperidine rings is 1.